The minimum Gasteiger partial charge on any atom is -0.508 e. The lowest BCUT2D eigenvalue weighted by molar-refractivity contribution is -0.145. The Kier molecular flexibility index (Phi) is 11.5. The highest BCUT2D eigenvalue weighted by atomic mass is 16.6. The van der Waals surface area contributed by atoms with Crippen LogP contribution in [0.5, 0.6) is 5.75 Å². The van der Waals surface area contributed by atoms with Crippen LogP contribution in [0.2, 0.25) is 0 Å². The first kappa shape index (κ1) is 29.7. The van der Waals surface area contributed by atoms with E-state index in [4.69, 9.17) is 4.74 Å². The van der Waals surface area contributed by atoms with Crippen molar-refractivity contribution >= 4 is 23.9 Å². The molecular weight excluding hydrogens is 458 g/mol. The van der Waals surface area contributed by atoms with Gasteiger partial charge in [0.25, 0.3) is 0 Å². The van der Waals surface area contributed by atoms with E-state index in [1.807, 2.05) is 13.8 Å². The van der Waals surface area contributed by atoms with Crippen LogP contribution < -0.4 is 10.6 Å². The summed E-state index contributed by atoms with van der Waals surface area (Å²) in [5.41, 5.74) is -0.718. The number of esters is 1. The van der Waals surface area contributed by atoms with Crippen LogP contribution in [0.1, 0.15) is 52.6 Å². The van der Waals surface area contributed by atoms with Crippen LogP contribution in [-0.2, 0) is 23.9 Å². The fourth-order valence-corrected chi connectivity index (χ4v) is 3.31. The van der Waals surface area contributed by atoms with Crippen molar-refractivity contribution in [1.29, 1.82) is 0 Å². The number of aliphatic hydroxyl groups is 1. The van der Waals surface area contributed by atoms with E-state index in [2.05, 4.69) is 15.4 Å². The van der Waals surface area contributed by atoms with Crippen molar-refractivity contribution in [3.63, 3.8) is 0 Å². The molecule has 3 amide bonds. The molecule has 0 aliphatic rings. The molecule has 2 atom stereocenters. The van der Waals surface area contributed by atoms with E-state index in [9.17, 15) is 29.4 Å². The molecule has 196 valence electrons. The standard InChI is InChI=1S/C24H37N3O8/c1-15(2)13-17(26-23(33)35-24(3,4)5)22(32)27(11-12-28)20(16-9-7-8-10-18(16)29)21(31)25-14-19(30)34-6/h7-10,15,17,20,28-29H,11-14H2,1-6H3,(H,25,31)(H,26,33). The van der Waals surface area contributed by atoms with Crippen LogP contribution in [0.3, 0.4) is 0 Å². The minimum atomic E-state index is -1.41. The fraction of sp³-hybridized carbons (Fsp3) is 0.583. The Morgan fingerprint density at radius 2 is 1.74 bits per heavy atom. The van der Waals surface area contributed by atoms with E-state index in [1.54, 1.807) is 32.9 Å². The van der Waals surface area contributed by atoms with Gasteiger partial charge in [-0.1, -0.05) is 32.0 Å². The number of carbonyl (C=O) groups is 4. The maximum Gasteiger partial charge on any atom is 0.408 e. The number of rotatable bonds is 11. The first-order chi connectivity index (χ1) is 16.3. The number of para-hydroxylation sites is 1. The third-order valence-corrected chi connectivity index (χ3v) is 4.75. The van der Waals surface area contributed by atoms with Gasteiger partial charge in [0, 0.05) is 12.1 Å². The molecule has 0 heterocycles. The molecule has 11 heteroatoms. The van der Waals surface area contributed by atoms with Gasteiger partial charge in [-0.2, -0.15) is 0 Å². The summed E-state index contributed by atoms with van der Waals surface area (Å²) in [7, 11) is 1.16. The van der Waals surface area contributed by atoms with Gasteiger partial charge in [-0.15, -0.1) is 0 Å². The van der Waals surface area contributed by atoms with Crippen LogP contribution in [-0.4, -0.2) is 77.4 Å². The van der Waals surface area contributed by atoms with Gasteiger partial charge < -0.3 is 35.2 Å². The van der Waals surface area contributed by atoms with Crippen molar-refractivity contribution in [2.45, 2.75) is 58.7 Å². The molecule has 0 aliphatic carbocycles. The number of carbonyl (C=O) groups excluding carboxylic acids is 4. The van der Waals surface area contributed by atoms with Crippen molar-refractivity contribution in [3.05, 3.63) is 29.8 Å². The Hall–Kier alpha value is -3.34. The molecule has 35 heavy (non-hydrogen) atoms. The number of amides is 3. The van der Waals surface area contributed by atoms with Gasteiger partial charge >= 0.3 is 12.1 Å². The molecule has 0 radical (unpaired) electrons. The average Bonchev–Trinajstić information content (AvgIpc) is 2.75. The summed E-state index contributed by atoms with van der Waals surface area (Å²) in [6, 6.07) is 3.43. The lowest BCUT2D eigenvalue weighted by Crippen LogP contribution is -2.54. The van der Waals surface area contributed by atoms with Crippen LogP contribution in [0.4, 0.5) is 4.79 Å². The number of alkyl carbamates (subject to hydrolysis) is 1. The number of hydrogen-bond acceptors (Lipinski definition) is 8. The number of aromatic hydroxyl groups is 1. The number of methoxy groups -OCH3 is 1. The van der Waals surface area contributed by atoms with Gasteiger partial charge in [-0.3, -0.25) is 14.4 Å². The monoisotopic (exact) mass is 495 g/mol. The second-order valence-corrected chi connectivity index (χ2v) is 9.34. The SMILES string of the molecule is COC(=O)CNC(=O)C(c1ccccc1O)N(CCO)C(=O)C(CC(C)C)NC(=O)OC(C)(C)C. The van der Waals surface area contributed by atoms with Gasteiger partial charge in [0.1, 0.15) is 30.0 Å². The maximum atomic E-state index is 13.7. The van der Waals surface area contributed by atoms with Gasteiger partial charge in [0.15, 0.2) is 0 Å². The van der Waals surface area contributed by atoms with Crippen LogP contribution in [0.15, 0.2) is 24.3 Å². The molecule has 4 N–H and O–H groups in total. The number of phenols is 1. The third-order valence-electron chi connectivity index (χ3n) is 4.75. The maximum absolute atomic E-state index is 13.7. The minimum absolute atomic E-state index is 0.0217. The smallest absolute Gasteiger partial charge is 0.408 e. The second-order valence-electron chi connectivity index (χ2n) is 9.34. The van der Waals surface area contributed by atoms with E-state index in [0.29, 0.717) is 0 Å². The molecule has 2 unspecified atom stereocenters. The molecule has 1 aromatic rings. The lowest BCUT2D eigenvalue weighted by atomic mass is 9.98. The Balaban J connectivity index is 3.42. The number of phenolic OH excluding ortho intramolecular Hbond substituents is 1. The van der Waals surface area contributed by atoms with E-state index < -0.39 is 54.7 Å². The summed E-state index contributed by atoms with van der Waals surface area (Å²) < 4.78 is 9.83. The fourth-order valence-electron chi connectivity index (χ4n) is 3.31. The number of nitrogens with one attached hydrogen (secondary N) is 2. The van der Waals surface area contributed by atoms with Crippen LogP contribution >= 0.6 is 0 Å². The molecule has 0 saturated carbocycles. The normalized spacial score (nSPS) is 12.9. The van der Waals surface area contributed by atoms with E-state index in [-0.39, 0.29) is 30.2 Å². The summed E-state index contributed by atoms with van der Waals surface area (Å²) in [6.45, 7) is 7.52. The average molecular weight is 496 g/mol. The first-order valence-corrected chi connectivity index (χ1v) is 11.3. The van der Waals surface area contributed by atoms with Crippen molar-refractivity contribution in [2.24, 2.45) is 5.92 Å². The number of aliphatic hydroxyl groups excluding tert-OH is 1. The number of ether oxygens (including phenoxy) is 2. The van der Waals surface area contributed by atoms with Crippen molar-refractivity contribution < 1.29 is 38.9 Å². The molecule has 11 nitrogen and oxygen atoms in total. The zero-order valence-corrected chi connectivity index (χ0v) is 21.2. The molecule has 1 rings (SSSR count). The number of hydrogen-bond donors (Lipinski definition) is 4. The predicted molar refractivity (Wildman–Crippen MR) is 127 cm³/mol. The summed E-state index contributed by atoms with van der Waals surface area (Å²) in [5.74, 6) is -2.44. The topological polar surface area (TPSA) is 154 Å². The Morgan fingerprint density at radius 3 is 2.26 bits per heavy atom. The van der Waals surface area contributed by atoms with Crippen molar-refractivity contribution in [3.8, 4) is 5.75 Å². The third kappa shape index (κ3) is 9.81. The molecule has 0 spiro atoms. The molecule has 0 saturated heterocycles. The molecule has 0 fully saturated rings. The van der Waals surface area contributed by atoms with Crippen molar-refractivity contribution in [1.82, 2.24) is 15.5 Å². The zero-order chi connectivity index (χ0) is 26.8. The van der Waals surface area contributed by atoms with Gasteiger partial charge in [0.05, 0.1) is 13.7 Å². The van der Waals surface area contributed by atoms with Gasteiger partial charge in [0.2, 0.25) is 11.8 Å². The van der Waals surface area contributed by atoms with E-state index >= 15 is 0 Å². The van der Waals surface area contributed by atoms with Gasteiger partial charge in [-0.25, -0.2) is 4.79 Å². The molecule has 0 aliphatic heterocycles. The summed E-state index contributed by atoms with van der Waals surface area (Å²) in [4.78, 5) is 51.9. The van der Waals surface area contributed by atoms with Gasteiger partial charge in [-0.05, 0) is 39.2 Å². The summed E-state index contributed by atoms with van der Waals surface area (Å²) >= 11 is 0. The second kappa shape index (κ2) is 13.5. The molecular formula is C24H37N3O8. The van der Waals surface area contributed by atoms with Crippen LogP contribution in [0.25, 0.3) is 0 Å². The largest absolute Gasteiger partial charge is 0.508 e. The summed E-state index contributed by atoms with van der Waals surface area (Å²) in [6.07, 6.45) is -0.591. The highest BCUT2D eigenvalue weighted by Crippen LogP contribution is 2.30. The van der Waals surface area contributed by atoms with E-state index in [1.165, 1.54) is 12.1 Å². The summed E-state index contributed by atoms with van der Waals surface area (Å²) in [5, 5.41) is 25.1. The Labute approximate surface area is 205 Å². The predicted octanol–water partition coefficient (Wildman–Crippen LogP) is 1.48. The Morgan fingerprint density at radius 1 is 1.11 bits per heavy atom. The molecule has 1 aromatic carbocycles. The lowest BCUT2D eigenvalue weighted by Gasteiger charge is -2.34. The van der Waals surface area contributed by atoms with Crippen molar-refractivity contribution in [2.75, 3.05) is 26.8 Å². The molecule has 0 aromatic heterocycles. The van der Waals surface area contributed by atoms with Crippen LogP contribution in [0, 0.1) is 5.92 Å². The quantitative estimate of drug-likeness (QED) is 0.337. The van der Waals surface area contributed by atoms with E-state index in [0.717, 1.165) is 12.0 Å². The highest BCUT2D eigenvalue weighted by molar-refractivity contribution is 5.93. The number of benzene rings is 1. The number of nitrogens with zero attached hydrogens (tertiary/aromatic N) is 1. The first-order valence-electron chi connectivity index (χ1n) is 11.3. The molecule has 0 bridgehead atoms. The zero-order valence-electron chi connectivity index (χ0n) is 21.2. The highest BCUT2D eigenvalue weighted by Gasteiger charge is 2.37. The Bertz CT molecular complexity index is 882.